The summed E-state index contributed by atoms with van der Waals surface area (Å²) >= 11 is 0. The van der Waals surface area contributed by atoms with Crippen LogP contribution in [-0.4, -0.2) is 41.4 Å². The highest BCUT2D eigenvalue weighted by molar-refractivity contribution is 6.01. The van der Waals surface area contributed by atoms with Gasteiger partial charge >= 0.3 is 0 Å². The molecule has 1 atom stereocenters. The van der Waals surface area contributed by atoms with Crippen molar-refractivity contribution in [3.63, 3.8) is 0 Å². The second-order valence-electron chi connectivity index (χ2n) is 8.92. The molecule has 6 nitrogen and oxygen atoms in total. The fourth-order valence-corrected chi connectivity index (χ4v) is 4.60. The Morgan fingerprint density at radius 3 is 2.60 bits per heavy atom. The van der Waals surface area contributed by atoms with E-state index in [1.807, 2.05) is 62.6 Å². The topological polar surface area (TPSA) is 59.4 Å². The maximum absolute atomic E-state index is 15.5. The third kappa shape index (κ3) is 4.36. The van der Waals surface area contributed by atoms with Crippen molar-refractivity contribution in [3.05, 3.63) is 101 Å². The van der Waals surface area contributed by atoms with Crippen molar-refractivity contribution < 1.29 is 13.9 Å². The van der Waals surface area contributed by atoms with Crippen LogP contribution >= 0.6 is 0 Å². The SMILES string of the molecule is COc1ccc(-n2cnc3c2C(=O)C(c2ccc(-c4ccccc4CN(C)C)cc2F)NC3)cc1. The van der Waals surface area contributed by atoms with E-state index < -0.39 is 11.9 Å². The lowest BCUT2D eigenvalue weighted by atomic mass is 9.92. The maximum Gasteiger partial charge on any atom is 0.203 e. The first-order chi connectivity index (χ1) is 17.0. The lowest BCUT2D eigenvalue weighted by Crippen LogP contribution is -2.36. The molecule has 0 aliphatic carbocycles. The number of hydrogen-bond donors (Lipinski definition) is 1. The highest BCUT2D eigenvalue weighted by atomic mass is 19.1. The first-order valence-electron chi connectivity index (χ1n) is 11.5. The molecule has 5 rings (SSSR count). The Bertz CT molecular complexity index is 1380. The number of rotatable bonds is 6. The van der Waals surface area contributed by atoms with Crippen LogP contribution in [0.1, 0.15) is 33.4 Å². The number of hydrogen-bond acceptors (Lipinski definition) is 5. The zero-order valence-corrected chi connectivity index (χ0v) is 20.0. The van der Waals surface area contributed by atoms with Crippen LogP contribution in [0, 0.1) is 5.82 Å². The molecule has 1 unspecified atom stereocenters. The van der Waals surface area contributed by atoms with Gasteiger partial charge in [-0.2, -0.15) is 0 Å². The Labute approximate surface area is 204 Å². The zero-order valence-electron chi connectivity index (χ0n) is 20.0. The molecule has 1 aliphatic heterocycles. The van der Waals surface area contributed by atoms with E-state index in [2.05, 4.69) is 21.3 Å². The van der Waals surface area contributed by atoms with Gasteiger partial charge in [-0.05, 0) is 61.1 Å². The van der Waals surface area contributed by atoms with Gasteiger partial charge in [0.25, 0.3) is 0 Å². The van der Waals surface area contributed by atoms with Crippen molar-refractivity contribution in [3.8, 4) is 22.6 Å². The second kappa shape index (κ2) is 9.44. The largest absolute Gasteiger partial charge is 0.497 e. The number of ether oxygens (including phenoxy) is 1. The third-order valence-electron chi connectivity index (χ3n) is 6.29. The lowest BCUT2D eigenvalue weighted by molar-refractivity contribution is 0.0920. The number of aromatic nitrogens is 2. The summed E-state index contributed by atoms with van der Waals surface area (Å²) in [6.45, 7) is 1.13. The van der Waals surface area contributed by atoms with Crippen molar-refractivity contribution in [1.29, 1.82) is 0 Å². The summed E-state index contributed by atoms with van der Waals surface area (Å²) in [7, 11) is 5.62. The summed E-state index contributed by atoms with van der Waals surface area (Å²) in [5.41, 5.74) is 5.13. The average Bonchev–Trinajstić information content (AvgIpc) is 3.30. The fourth-order valence-electron chi connectivity index (χ4n) is 4.60. The van der Waals surface area contributed by atoms with Gasteiger partial charge in [-0.3, -0.25) is 14.7 Å². The molecule has 1 aromatic heterocycles. The van der Waals surface area contributed by atoms with Crippen molar-refractivity contribution in [2.75, 3.05) is 21.2 Å². The van der Waals surface area contributed by atoms with E-state index in [4.69, 9.17) is 4.74 Å². The highest BCUT2D eigenvalue weighted by Crippen LogP contribution is 2.32. The van der Waals surface area contributed by atoms with Crippen LogP contribution in [0.2, 0.25) is 0 Å². The molecule has 35 heavy (non-hydrogen) atoms. The van der Waals surface area contributed by atoms with Crippen LogP contribution < -0.4 is 10.1 Å². The maximum atomic E-state index is 15.5. The van der Waals surface area contributed by atoms with Gasteiger partial charge in [-0.1, -0.05) is 36.4 Å². The summed E-state index contributed by atoms with van der Waals surface area (Å²) in [6.07, 6.45) is 1.63. The predicted molar refractivity (Wildman–Crippen MR) is 133 cm³/mol. The average molecular weight is 471 g/mol. The number of ketones is 1. The van der Waals surface area contributed by atoms with Crippen molar-refractivity contribution in [2.45, 2.75) is 19.1 Å². The lowest BCUT2D eigenvalue weighted by Gasteiger charge is -2.24. The van der Waals surface area contributed by atoms with E-state index in [1.54, 1.807) is 24.1 Å². The fraction of sp³-hybridized carbons (Fsp3) is 0.214. The van der Waals surface area contributed by atoms with Crippen LogP contribution in [0.4, 0.5) is 4.39 Å². The van der Waals surface area contributed by atoms with Crippen molar-refractivity contribution in [2.24, 2.45) is 0 Å². The molecule has 3 aromatic carbocycles. The van der Waals surface area contributed by atoms with Gasteiger partial charge in [0.2, 0.25) is 5.78 Å². The summed E-state index contributed by atoms with van der Waals surface area (Å²) in [4.78, 5) is 20.1. The van der Waals surface area contributed by atoms with Crippen LogP contribution in [0.15, 0.2) is 73.1 Å². The van der Waals surface area contributed by atoms with Crippen molar-refractivity contribution >= 4 is 5.78 Å². The Morgan fingerprint density at radius 2 is 1.89 bits per heavy atom. The Morgan fingerprint density at radius 1 is 1.11 bits per heavy atom. The molecule has 0 amide bonds. The summed E-state index contributed by atoms with van der Waals surface area (Å²) < 4.78 is 22.4. The van der Waals surface area contributed by atoms with E-state index >= 15 is 4.39 Å². The van der Waals surface area contributed by atoms with Gasteiger partial charge in [-0.25, -0.2) is 9.37 Å². The quantitative estimate of drug-likeness (QED) is 0.440. The molecule has 7 heteroatoms. The molecule has 1 aliphatic rings. The van der Waals surface area contributed by atoms with E-state index in [0.29, 0.717) is 23.5 Å². The number of nitrogens with one attached hydrogen (secondary N) is 1. The molecule has 0 spiro atoms. The van der Waals surface area contributed by atoms with Gasteiger partial charge in [-0.15, -0.1) is 0 Å². The Kier molecular flexibility index (Phi) is 6.19. The number of methoxy groups -OCH3 is 1. The van der Waals surface area contributed by atoms with E-state index in [-0.39, 0.29) is 5.78 Å². The Hall–Kier alpha value is -3.81. The van der Waals surface area contributed by atoms with Crippen LogP contribution in [0.25, 0.3) is 16.8 Å². The molecule has 4 aromatic rings. The molecule has 0 radical (unpaired) electrons. The standard InChI is InChI=1S/C28H27FN4O2/c1-32(2)16-19-6-4-5-7-22(19)18-8-13-23(24(29)14-18)26-28(34)27-25(15-30-26)31-17-33(27)20-9-11-21(35-3)12-10-20/h4-14,17,26,30H,15-16H2,1-3H3. The van der Waals surface area contributed by atoms with Crippen molar-refractivity contribution in [1.82, 2.24) is 19.8 Å². The zero-order chi connectivity index (χ0) is 24.5. The second-order valence-corrected chi connectivity index (χ2v) is 8.92. The van der Waals surface area contributed by atoms with E-state index in [0.717, 1.165) is 34.7 Å². The van der Waals surface area contributed by atoms with Gasteiger partial charge in [0, 0.05) is 24.3 Å². The van der Waals surface area contributed by atoms with Gasteiger partial charge in [0.05, 0.1) is 12.8 Å². The highest BCUT2D eigenvalue weighted by Gasteiger charge is 2.34. The molecule has 2 heterocycles. The molecule has 0 saturated carbocycles. The molecular formula is C28H27FN4O2. The summed E-state index contributed by atoms with van der Waals surface area (Å²) in [6, 6.07) is 19.7. The number of carbonyl (C=O) groups is 1. The summed E-state index contributed by atoms with van der Waals surface area (Å²) in [5, 5.41) is 3.17. The third-order valence-corrected chi connectivity index (χ3v) is 6.29. The molecule has 178 valence electrons. The number of halogens is 1. The molecule has 0 saturated heterocycles. The number of Topliss-reactive ketones (excluding diaryl/α,β-unsaturated/α-hetero) is 1. The van der Waals surface area contributed by atoms with Crippen LogP contribution in [0.5, 0.6) is 5.75 Å². The van der Waals surface area contributed by atoms with E-state index in [9.17, 15) is 4.79 Å². The summed E-state index contributed by atoms with van der Waals surface area (Å²) in [5.74, 6) is 0.106. The van der Waals surface area contributed by atoms with Crippen LogP contribution in [-0.2, 0) is 13.1 Å². The smallest absolute Gasteiger partial charge is 0.203 e. The number of carbonyl (C=O) groups excluding carboxylic acids is 1. The minimum Gasteiger partial charge on any atom is -0.497 e. The Balaban J connectivity index is 1.47. The first-order valence-corrected chi connectivity index (χ1v) is 11.5. The number of benzene rings is 3. The monoisotopic (exact) mass is 470 g/mol. The number of nitrogens with zero attached hydrogens (tertiary/aromatic N) is 3. The normalized spacial score (nSPS) is 15.3. The van der Waals surface area contributed by atoms with Gasteiger partial charge < -0.3 is 9.64 Å². The minimum atomic E-state index is -0.790. The molecule has 0 bridgehead atoms. The molecule has 1 N–H and O–H groups in total. The van der Waals surface area contributed by atoms with Crippen LogP contribution in [0.3, 0.4) is 0 Å². The first kappa shape index (κ1) is 23.0. The minimum absolute atomic E-state index is 0.209. The number of imidazole rings is 1. The molecular weight excluding hydrogens is 443 g/mol. The predicted octanol–water partition coefficient (Wildman–Crippen LogP) is 4.78. The molecule has 0 fully saturated rings. The van der Waals surface area contributed by atoms with Gasteiger partial charge in [0.15, 0.2) is 0 Å². The van der Waals surface area contributed by atoms with E-state index in [1.165, 1.54) is 6.07 Å². The van der Waals surface area contributed by atoms with Gasteiger partial charge in [0.1, 0.15) is 29.6 Å². The number of fused-ring (bicyclic) bond motifs is 1.